The second-order valence-corrected chi connectivity index (χ2v) is 7.89. The molecule has 4 aromatic rings. The lowest BCUT2D eigenvalue weighted by atomic mass is 10.2. The van der Waals surface area contributed by atoms with Gasteiger partial charge in [-0.15, -0.1) is 0 Å². The van der Waals surface area contributed by atoms with Gasteiger partial charge >= 0.3 is 0 Å². The van der Waals surface area contributed by atoms with Crippen LogP contribution in [0.15, 0.2) is 77.8 Å². The zero-order chi connectivity index (χ0) is 20.9. The zero-order valence-corrected chi connectivity index (χ0v) is 17.8. The van der Waals surface area contributed by atoms with Crippen LogP contribution in [-0.4, -0.2) is 24.2 Å². The van der Waals surface area contributed by atoms with Gasteiger partial charge in [0.25, 0.3) is 5.91 Å². The first kappa shape index (κ1) is 20.3. The van der Waals surface area contributed by atoms with Crippen molar-refractivity contribution < 1.29 is 14.3 Å². The quantitative estimate of drug-likeness (QED) is 0.397. The average Bonchev–Trinajstić information content (AvgIpc) is 3.11. The highest BCUT2D eigenvalue weighted by Gasteiger charge is 2.12. The summed E-state index contributed by atoms with van der Waals surface area (Å²) >= 11 is 7.82. The lowest BCUT2D eigenvalue weighted by molar-refractivity contribution is 0.0997. The molecule has 0 bridgehead atoms. The topological polar surface area (TPSA) is 52.8 Å². The molecule has 5 nitrogen and oxygen atoms in total. The Bertz CT molecular complexity index is 1230. The SMILES string of the molecule is COCCn1c(=NC(=O)c2ccc(Oc3ccccc3)cc2)sc2cccc(Cl)c21. The van der Waals surface area contributed by atoms with E-state index in [1.54, 1.807) is 31.4 Å². The van der Waals surface area contributed by atoms with Crippen LogP contribution in [0.1, 0.15) is 10.4 Å². The molecule has 1 heterocycles. The Morgan fingerprint density at radius 3 is 2.47 bits per heavy atom. The van der Waals surface area contributed by atoms with E-state index in [2.05, 4.69) is 4.99 Å². The van der Waals surface area contributed by atoms with Crippen molar-refractivity contribution in [2.24, 2.45) is 4.99 Å². The van der Waals surface area contributed by atoms with Crippen LogP contribution in [0.5, 0.6) is 11.5 Å². The largest absolute Gasteiger partial charge is 0.457 e. The Labute approximate surface area is 182 Å². The third-order valence-electron chi connectivity index (χ3n) is 4.45. The molecule has 0 atom stereocenters. The number of hydrogen-bond donors (Lipinski definition) is 0. The van der Waals surface area contributed by atoms with Crippen molar-refractivity contribution in [3.8, 4) is 11.5 Å². The second-order valence-electron chi connectivity index (χ2n) is 6.47. The number of rotatable bonds is 6. The number of para-hydroxylation sites is 2. The average molecular weight is 439 g/mol. The predicted molar refractivity (Wildman–Crippen MR) is 120 cm³/mol. The highest BCUT2D eigenvalue weighted by molar-refractivity contribution is 7.16. The standard InChI is InChI=1S/C23H19ClN2O3S/c1-28-15-14-26-21-19(24)8-5-9-20(21)30-23(26)25-22(27)16-10-12-18(13-11-16)29-17-6-3-2-4-7-17/h2-13H,14-15H2,1H3. The molecule has 30 heavy (non-hydrogen) atoms. The molecule has 0 fully saturated rings. The maximum Gasteiger partial charge on any atom is 0.279 e. The molecule has 0 spiro atoms. The van der Waals surface area contributed by atoms with Crippen molar-refractivity contribution in [3.05, 3.63) is 88.2 Å². The van der Waals surface area contributed by atoms with Crippen LogP contribution in [0.3, 0.4) is 0 Å². The number of amides is 1. The first-order chi connectivity index (χ1) is 14.7. The fraction of sp³-hybridized carbons (Fsp3) is 0.130. The van der Waals surface area contributed by atoms with Gasteiger partial charge in [-0.05, 0) is 48.5 Å². The summed E-state index contributed by atoms with van der Waals surface area (Å²) in [5.41, 5.74) is 1.34. The first-order valence-corrected chi connectivity index (χ1v) is 10.5. The van der Waals surface area contributed by atoms with Gasteiger partial charge in [-0.2, -0.15) is 4.99 Å². The molecular weight excluding hydrogens is 420 g/mol. The molecule has 152 valence electrons. The Balaban J connectivity index is 1.64. The molecule has 0 N–H and O–H groups in total. The van der Waals surface area contributed by atoms with Crippen molar-refractivity contribution in [2.75, 3.05) is 13.7 Å². The highest BCUT2D eigenvalue weighted by Crippen LogP contribution is 2.25. The minimum atomic E-state index is -0.324. The maximum absolute atomic E-state index is 12.8. The molecule has 0 aliphatic heterocycles. The number of aromatic nitrogens is 1. The number of carbonyl (C=O) groups is 1. The summed E-state index contributed by atoms with van der Waals surface area (Å²) in [5.74, 6) is 1.07. The summed E-state index contributed by atoms with van der Waals surface area (Å²) in [5, 5.41) is 0.621. The van der Waals surface area contributed by atoms with Crippen molar-refractivity contribution in [1.82, 2.24) is 4.57 Å². The van der Waals surface area contributed by atoms with Crippen LogP contribution in [0.4, 0.5) is 0 Å². The lowest BCUT2D eigenvalue weighted by Crippen LogP contribution is -2.19. The molecule has 0 radical (unpaired) electrons. The van der Waals surface area contributed by atoms with E-state index >= 15 is 0 Å². The van der Waals surface area contributed by atoms with Crippen LogP contribution in [-0.2, 0) is 11.3 Å². The summed E-state index contributed by atoms with van der Waals surface area (Å²) in [6, 6.07) is 22.1. The number of carbonyl (C=O) groups excluding carboxylic acids is 1. The lowest BCUT2D eigenvalue weighted by Gasteiger charge is -2.06. The molecule has 0 unspecified atom stereocenters. The molecule has 4 rings (SSSR count). The molecule has 1 aromatic heterocycles. The third-order valence-corrected chi connectivity index (χ3v) is 5.80. The fourth-order valence-corrected chi connectivity index (χ4v) is 4.42. The molecule has 3 aromatic carbocycles. The zero-order valence-electron chi connectivity index (χ0n) is 16.2. The summed E-state index contributed by atoms with van der Waals surface area (Å²) in [7, 11) is 1.64. The Kier molecular flexibility index (Phi) is 6.28. The highest BCUT2D eigenvalue weighted by atomic mass is 35.5. The first-order valence-electron chi connectivity index (χ1n) is 9.34. The summed E-state index contributed by atoms with van der Waals surface area (Å²) in [6.07, 6.45) is 0. The van der Waals surface area contributed by atoms with Gasteiger partial charge in [0.1, 0.15) is 11.5 Å². The van der Waals surface area contributed by atoms with E-state index in [0.717, 1.165) is 16.0 Å². The predicted octanol–water partition coefficient (Wildman–Crippen LogP) is 5.54. The number of nitrogens with zero attached hydrogens (tertiary/aromatic N) is 2. The van der Waals surface area contributed by atoms with Gasteiger partial charge in [0.15, 0.2) is 4.80 Å². The van der Waals surface area contributed by atoms with Crippen LogP contribution in [0.25, 0.3) is 10.2 Å². The van der Waals surface area contributed by atoms with Crippen LogP contribution in [0.2, 0.25) is 5.02 Å². The van der Waals surface area contributed by atoms with Gasteiger partial charge < -0.3 is 14.0 Å². The fourth-order valence-electron chi connectivity index (χ4n) is 3.00. The third kappa shape index (κ3) is 4.46. The van der Waals surface area contributed by atoms with E-state index in [9.17, 15) is 4.79 Å². The molecule has 0 aliphatic carbocycles. The van der Waals surface area contributed by atoms with Crippen molar-refractivity contribution in [1.29, 1.82) is 0 Å². The normalized spacial score (nSPS) is 11.7. The minimum Gasteiger partial charge on any atom is -0.457 e. The van der Waals surface area contributed by atoms with Gasteiger partial charge in [0.05, 0.1) is 21.8 Å². The number of halogens is 1. The Morgan fingerprint density at radius 1 is 1.00 bits per heavy atom. The van der Waals surface area contributed by atoms with Gasteiger partial charge in [0, 0.05) is 19.2 Å². The number of thiazole rings is 1. The van der Waals surface area contributed by atoms with E-state index in [-0.39, 0.29) is 5.91 Å². The molecule has 0 saturated heterocycles. The van der Waals surface area contributed by atoms with E-state index in [0.29, 0.717) is 34.3 Å². The van der Waals surface area contributed by atoms with Crippen molar-refractivity contribution in [3.63, 3.8) is 0 Å². The summed E-state index contributed by atoms with van der Waals surface area (Å²) in [4.78, 5) is 17.7. The van der Waals surface area contributed by atoms with E-state index in [4.69, 9.17) is 21.1 Å². The molecular formula is C23H19ClN2O3S. The molecule has 1 amide bonds. The minimum absolute atomic E-state index is 0.324. The number of benzene rings is 3. The maximum atomic E-state index is 12.8. The monoisotopic (exact) mass is 438 g/mol. The summed E-state index contributed by atoms with van der Waals surface area (Å²) < 4.78 is 13.9. The Morgan fingerprint density at radius 2 is 1.73 bits per heavy atom. The van der Waals surface area contributed by atoms with Crippen LogP contribution in [0, 0.1) is 0 Å². The molecule has 0 saturated carbocycles. The van der Waals surface area contributed by atoms with Crippen molar-refractivity contribution in [2.45, 2.75) is 6.54 Å². The van der Waals surface area contributed by atoms with E-state index in [1.165, 1.54) is 11.3 Å². The summed E-state index contributed by atoms with van der Waals surface area (Å²) in [6.45, 7) is 1.04. The number of ether oxygens (including phenoxy) is 2. The van der Waals surface area contributed by atoms with Gasteiger partial charge in [-0.3, -0.25) is 4.79 Å². The van der Waals surface area contributed by atoms with Gasteiger partial charge in [-0.25, -0.2) is 0 Å². The van der Waals surface area contributed by atoms with E-state index in [1.807, 2.05) is 53.1 Å². The van der Waals surface area contributed by atoms with Gasteiger partial charge in [0.2, 0.25) is 0 Å². The van der Waals surface area contributed by atoms with Crippen LogP contribution >= 0.6 is 22.9 Å². The smallest absolute Gasteiger partial charge is 0.279 e. The molecule has 7 heteroatoms. The second kappa shape index (κ2) is 9.26. The number of fused-ring (bicyclic) bond motifs is 1. The van der Waals surface area contributed by atoms with Crippen molar-refractivity contribution >= 4 is 39.1 Å². The number of hydrogen-bond acceptors (Lipinski definition) is 4. The molecule has 0 aliphatic rings. The van der Waals surface area contributed by atoms with Crippen LogP contribution < -0.4 is 9.54 Å². The number of methoxy groups -OCH3 is 1. The van der Waals surface area contributed by atoms with Gasteiger partial charge in [-0.1, -0.05) is 47.2 Å². The van der Waals surface area contributed by atoms with E-state index < -0.39 is 0 Å². The Hall–Kier alpha value is -2.93.